The summed E-state index contributed by atoms with van der Waals surface area (Å²) >= 11 is 6.61. The predicted molar refractivity (Wildman–Crippen MR) is 94.4 cm³/mol. The summed E-state index contributed by atoms with van der Waals surface area (Å²) in [5.74, 6) is 0.477. The monoisotopic (exact) mass is 376 g/mol. The quantitative estimate of drug-likeness (QED) is 0.641. The summed E-state index contributed by atoms with van der Waals surface area (Å²) in [5, 5.41) is 8.38. The molecular weight excluding hydrogens is 360 g/mol. The van der Waals surface area contributed by atoms with Crippen LogP contribution >= 0.6 is 11.6 Å². The Morgan fingerprint density at radius 1 is 1.31 bits per heavy atom. The second-order valence-corrected chi connectivity index (χ2v) is 6.73. The molecule has 1 aliphatic heterocycles. The average Bonchev–Trinajstić information content (AvgIpc) is 3.19. The summed E-state index contributed by atoms with van der Waals surface area (Å²) in [4.78, 5) is 22.4. The highest BCUT2D eigenvalue weighted by atomic mass is 35.5. The van der Waals surface area contributed by atoms with Crippen LogP contribution in [-0.2, 0) is 11.8 Å². The standard InChI is InChI=1S/C16H17ClN6O3/c1-8-4-23(5-9(2)25-8)14-10(6-24)20-12-13(16-18-7-19-22(16)3)21-26-15(12)11(14)17/h6-9H,4-5H2,1-3H3/t8-,9+. The van der Waals surface area contributed by atoms with E-state index in [4.69, 9.17) is 20.9 Å². The van der Waals surface area contributed by atoms with Crippen LogP contribution in [0.5, 0.6) is 0 Å². The maximum Gasteiger partial charge on any atom is 0.206 e. The molecule has 3 aromatic rings. The van der Waals surface area contributed by atoms with Gasteiger partial charge in [0.25, 0.3) is 0 Å². The number of ether oxygens (including phenoxy) is 1. The lowest BCUT2D eigenvalue weighted by Crippen LogP contribution is -2.46. The number of morpholine rings is 1. The first-order valence-electron chi connectivity index (χ1n) is 8.18. The minimum atomic E-state index is 0.00828. The van der Waals surface area contributed by atoms with E-state index in [0.717, 1.165) is 0 Å². The van der Waals surface area contributed by atoms with Crippen LogP contribution in [-0.4, -0.2) is 56.5 Å². The Kier molecular flexibility index (Phi) is 4.12. The molecule has 136 valence electrons. The van der Waals surface area contributed by atoms with Gasteiger partial charge in [0.05, 0.1) is 17.9 Å². The Bertz CT molecular complexity index is 974. The Labute approximate surface area is 153 Å². The van der Waals surface area contributed by atoms with Crippen molar-refractivity contribution in [1.82, 2.24) is 24.9 Å². The summed E-state index contributed by atoms with van der Waals surface area (Å²) in [7, 11) is 1.73. The lowest BCUT2D eigenvalue weighted by atomic mass is 10.1. The highest BCUT2D eigenvalue weighted by Gasteiger charge is 2.30. The Morgan fingerprint density at radius 3 is 2.65 bits per heavy atom. The molecule has 0 radical (unpaired) electrons. The molecule has 1 saturated heterocycles. The minimum absolute atomic E-state index is 0.00828. The fourth-order valence-electron chi connectivity index (χ4n) is 3.33. The molecule has 9 nitrogen and oxygen atoms in total. The molecule has 0 aromatic carbocycles. The summed E-state index contributed by atoms with van der Waals surface area (Å²) < 4.78 is 12.7. The van der Waals surface area contributed by atoms with E-state index in [9.17, 15) is 4.79 Å². The number of rotatable bonds is 3. The minimum Gasteiger partial charge on any atom is -0.372 e. The van der Waals surface area contributed by atoms with E-state index >= 15 is 0 Å². The molecular formula is C16H17ClN6O3. The third-order valence-corrected chi connectivity index (χ3v) is 4.67. The van der Waals surface area contributed by atoms with Gasteiger partial charge in [-0.1, -0.05) is 16.8 Å². The van der Waals surface area contributed by atoms with Crippen molar-refractivity contribution in [2.75, 3.05) is 18.0 Å². The van der Waals surface area contributed by atoms with Gasteiger partial charge in [-0.25, -0.2) is 14.6 Å². The van der Waals surface area contributed by atoms with E-state index in [1.165, 1.54) is 6.33 Å². The Morgan fingerprint density at radius 2 is 2.04 bits per heavy atom. The molecule has 0 N–H and O–H groups in total. The van der Waals surface area contributed by atoms with Crippen molar-refractivity contribution in [3.05, 3.63) is 17.0 Å². The van der Waals surface area contributed by atoms with Gasteiger partial charge in [0.1, 0.15) is 22.6 Å². The van der Waals surface area contributed by atoms with E-state index in [2.05, 4.69) is 20.2 Å². The molecule has 0 spiro atoms. The molecule has 0 unspecified atom stereocenters. The van der Waals surface area contributed by atoms with Gasteiger partial charge in [-0.05, 0) is 13.8 Å². The summed E-state index contributed by atoms with van der Waals surface area (Å²) in [6.45, 7) is 5.15. The van der Waals surface area contributed by atoms with Crippen molar-refractivity contribution in [2.24, 2.45) is 7.05 Å². The number of hydrogen-bond acceptors (Lipinski definition) is 8. The van der Waals surface area contributed by atoms with Crippen LogP contribution < -0.4 is 4.90 Å². The van der Waals surface area contributed by atoms with Gasteiger partial charge >= 0.3 is 0 Å². The largest absolute Gasteiger partial charge is 0.372 e. The van der Waals surface area contributed by atoms with Gasteiger partial charge in [0.2, 0.25) is 5.58 Å². The van der Waals surface area contributed by atoms with Crippen LogP contribution in [0.15, 0.2) is 10.9 Å². The zero-order valence-corrected chi connectivity index (χ0v) is 15.3. The van der Waals surface area contributed by atoms with Gasteiger partial charge in [-0.3, -0.25) is 4.79 Å². The molecule has 4 rings (SSSR count). The van der Waals surface area contributed by atoms with Crippen molar-refractivity contribution in [1.29, 1.82) is 0 Å². The molecule has 26 heavy (non-hydrogen) atoms. The number of carbonyl (C=O) groups is 1. The van der Waals surface area contributed by atoms with Crippen molar-refractivity contribution >= 4 is 34.7 Å². The predicted octanol–water partition coefficient (Wildman–Crippen LogP) is 2.10. The molecule has 10 heteroatoms. The smallest absolute Gasteiger partial charge is 0.206 e. The van der Waals surface area contributed by atoms with Crippen molar-refractivity contribution in [2.45, 2.75) is 26.1 Å². The fourth-order valence-corrected chi connectivity index (χ4v) is 3.67. The maximum absolute atomic E-state index is 11.8. The number of fused-ring (bicyclic) bond motifs is 1. The van der Waals surface area contributed by atoms with Gasteiger partial charge in [0, 0.05) is 20.1 Å². The SMILES string of the molecule is C[C@@H]1CN(c2c(C=O)nc3c(-c4ncnn4C)noc3c2Cl)C[C@H](C)O1. The fraction of sp³-hybridized carbons (Fsp3) is 0.438. The normalized spacial score (nSPS) is 20.7. The van der Waals surface area contributed by atoms with E-state index in [0.29, 0.717) is 52.7 Å². The number of aldehydes is 1. The lowest BCUT2D eigenvalue weighted by molar-refractivity contribution is -0.00526. The topological polar surface area (TPSA) is 99.2 Å². The van der Waals surface area contributed by atoms with Gasteiger partial charge in [-0.2, -0.15) is 5.10 Å². The second-order valence-electron chi connectivity index (χ2n) is 6.36. The van der Waals surface area contributed by atoms with E-state index < -0.39 is 0 Å². The molecule has 0 amide bonds. The van der Waals surface area contributed by atoms with Crippen LogP contribution in [0.1, 0.15) is 24.3 Å². The third kappa shape index (κ3) is 2.63. The number of carbonyl (C=O) groups excluding carboxylic acids is 1. The highest BCUT2D eigenvalue weighted by molar-refractivity contribution is 6.38. The Hall–Kier alpha value is -2.52. The second kappa shape index (κ2) is 6.33. The number of hydrogen-bond donors (Lipinski definition) is 0. The average molecular weight is 377 g/mol. The molecule has 2 atom stereocenters. The summed E-state index contributed by atoms with van der Waals surface area (Å²) in [5.41, 5.74) is 1.86. The van der Waals surface area contributed by atoms with Crippen LogP contribution in [0.4, 0.5) is 5.69 Å². The van der Waals surface area contributed by atoms with Crippen LogP contribution in [0.3, 0.4) is 0 Å². The lowest BCUT2D eigenvalue weighted by Gasteiger charge is -2.37. The number of pyridine rings is 1. The van der Waals surface area contributed by atoms with E-state index in [-0.39, 0.29) is 17.9 Å². The van der Waals surface area contributed by atoms with E-state index in [1.54, 1.807) is 11.7 Å². The van der Waals surface area contributed by atoms with Gasteiger partial charge in [0.15, 0.2) is 17.8 Å². The summed E-state index contributed by atoms with van der Waals surface area (Å²) in [6.07, 6.45) is 2.12. The van der Waals surface area contributed by atoms with E-state index in [1.807, 2.05) is 18.7 Å². The molecule has 0 bridgehead atoms. The molecule has 1 aliphatic rings. The number of halogens is 1. The van der Waals surface area contributed by atoms with Crippen molar-refractivity contribution in [3.63, 3.8) is 0 Å². The first-order valence-corrected chi connectivity index (χ1v) is 8.56. The van der Waals surface area contributed by atoms with Crippen molar-refractivity contribution in [3.8, 4) is 11.5 Å². The zero-order valence-electron chi connectivity index (χ0n) is 14.5. The third-order valence-electron chi connectivity index (χ3n) is 4.32. The van der Waals surface area contributed by atoms with Gasteiger partial charge in [-0.15, -0.1) is 0 Å². The number of aryl methyl sites for hydroxylation is 1. The zero-order chi connectivity index (χ0) is 18.4. The van der Waals surface area contributed by atoms with Gasteiger partial charge < -0.3 is 14.2 Å². The maximum atomic E-state index is 11.8. The van der Waals surface area contributed by atoms with Crippen LogP contribution in [0.25, 0.3) is 22.6 Å². The van der Waals surface area contributed by atoms with Crippen molar-refractivity contribution < 1.29 is 14.1 Å². The first-order chi connectivity index (χ1) is 12.5. The molecule has 4 heterocycles. The molecule has 0 aliphatic carbocycles. The Balaban J connectivity index is 1.89. The molecule has 3 aromatic heterocycles. The first kappa shape index (κ1) is 16.9. The van der Waals surface area contributed by atoms with Crippen LogP contribution in [0.2, 0.25) is 5.02 Å². The number of anilines is 1. The van der Waals surface area contributed by atoms with Crippen LogP contribution in [0, 0.1) is 0 Å². The molecule has 1 fully saturated rings. The summed E-state index contributed by atoms with van der Waals surface area (Å²) in [6, 6.07) is 0. The highest BCUT2D eigenvalue weighted by Crippen LogP contribution is 2.38. The molecule has 0 saturated carbocycles. The number of nitrogens with zero attached hydrogens (tertiary/aromatic N) is 6. The number of aromatic nitrogens is 5.